The van der Waals surface area contributed by atoms with Gasteiger partial charge in [0.25, 0.3) is 5.91 Å². The molecule has 0 spiro atoms. The summed E-state index contributed by atoms with van der Waals surface area (Å²) in [4.78, 5) is 30.0. The van der Waals surface area contributed by atoms with Crippen LogP contribution in [0.5, 0.6) is 5.75 Å². The average molecular weight is 323 g/mol. The molecule has 1 atom stereocenters. The Morgan fingerprint density at radius 2 is 2.22 bits per heavy atom. The molecule has 0 bridgehead atoms. The molecule has 8 heteroatoms. The van der Waals surface area contributed by atoms with Crippen molar-refractivity contribution in [3.05, 3.63) is 12.1 Å². The Balaban J connectivity index is 2.18. The van der Waals surface area contributed by atoms with Crippen LogP contribution in [-0.2, 0) is 19.1 Å². The number of nitrogens with zero attached hydrogens (tertiary/aromatic N) is 2. The van der Waals surface area contributed by atoms with Crippen molar-refractivity contribution in [2.75, 3.05) is 37.1 Å². The molecule has 0 saturated carbocycles. The van der Waals surface area contributed by atoms with Gasteiger partial charge in [-0.25, -0.2) is 9.78 Å². The van der Waals surface area contributed by atoms with Crippen LogP contribution in [0.3, 0.4) is 0 Å². The summed E-state index contributed by atoms with van der Waals surface area (Å²) in [6.45, 7) is 4.50. The molecule has 1 aromatic rings. The smallest absolute Gasteiger partial charge is 0.329 e. The number of fused-ring (bicyclic) bond motifs is 1. The highest BCUT2D eigenvalue weighted by molar-refractivity contribution is 6.02. The van der Waals surface area contributed by atoms with Crippen molar-refractivity contribution in [2.24, 2.45) is 0 Å². The van der Waals surface area contributed by atoms with Crippen molar-refractivity contribution >= 4 is 23.5 Å². The maximum atomic E-state index is 12.3. The average Bonchev–Trinajstić information content (AvgIpc) is 2.54. The molecule has 1 aromatic heterocycles. The number of nitrogen functional groups attached to an aromatic ring is 1. The molecule has 1 aliphatic rings. The molecule has 0 saturated heterocycles. The fourth-order valence-electron chi connectivity index (χ4n) is 2.28. The Hall–Kier alpha value is -2.35. The molecular formula is C15H21N3O5. The molecule has 0 aliphatic carbocycles. The lowest BCUT2D eigenvalue weighted by atomic mass is 10.1. The molecule has 0 radical (unpaired) electrons. The van der Waals surface area contributed by atoms with Gasteiger partial charge < -0.3 is 19.9 Å². The number of nitrogens with two attached hydrogens (primary N) is 1. The lowest BCUT2D eigenvalue weighted by Gasteiger charge is -2.33. The van der Waals surface area contributed by atoms with Gasteiger partial charge in [-0.05, 0) is 25.5 Å². The van der Waals surface area contributed by atoms with E-state index >= 15 is 0 Å². The maximum absolute atomic E-state index is 12.3. The highest BCUT2D eigenvalue weighted by Gasteiger charge is 2.36. The summed E-state index contributed by atoms with van der Waals surface area (Å²) in [6, 6.07) is 2.43. The van der Waals surface area contributed by atoms with E-state index in [4.69, 9.17) is 19.9 Å². The van der Waals surface area contributed by atoms with Gasteiger partial charge in [-0.15, -0.1) is 0 Å². The van der Waals surface area contributed by atoms with E-state index in [0.717, 1.165) is 0 Å². The van der Waals surface area contributed by atoms with Crippen LogP contribution in [0.15, 0.2) is 12.1 Å². The van der Waals surface area contributed by atoms with Crippen molar-refractivity contribution < 1.29 is 23.8 Å². The van der Waals surface area contributed by atoms with E-state index in [1.54, 1.807) is 19.1 Å². The van der Waals surface area contributed by atoms with Crippen LogP contribution in [0.1, 0.15) is 20.3 Å². The van der Waals surface area contributed by atoms with Crippen LogP contribution in [0, 0.1) is 0 Å². The summed E-state index contributed by atoms with van der Waals surface area (Å²) in [5, 5.41) is 0. The summed E-state index contributed by atoms with van der Waals surface area (Å²) < 4.78 is 15.6. The number of hydrogen-bond donors (Lipinski definition) is 1. The quantitative estimate of drug-likeness (QED) is 0.583. The molecule has 1 amide bonds. The maximum Gasteiger partial charge on any atom is 0.329 e. The Bertz CT molecular complexity index is 578. The number of carbonyl (C=O) groups is 2. The number of pyridine rings is 1. The summed E-state index contributed by atoms with van der Waals surface area (Å²) in [5.41, 5.74) is 5.68. The minimum Gasteiger partial charge on any atom is -0.480 e. The van der Waals surface area contributed by atoms with Crippen LogP contribution >= 0.6 is 0 Å². The van der Waals surface area contributed by atoms with Crippen molar-refractivity contribution in [3.63, 3.8) is 0 Å². The van der Waals surface area contributed by atoms with Crippen molar-refractivity contribution in [1.29, 1.82) is 0 Å². The second-order valence-electron chi connectivity index (χ2n) is 4.90. The van der Waals surface area contributed by atoms with Crippen molar-refractivity contribution in [3.8, 4) is 5.75 Å². The number of rotatable bonds is 7. The summed E-state index contributed by atoms with van der Waals surface area (Å²) in [7, 11) is 0. The monoisotopic (exact) mass is 323 g/mol. The van der Waals surface area contributed by atoms with Crippen LogP contribution in [-0.4, -0.2) is 49.3 Å². The fourth-order valence-corrected chi connectivity index (χ4v) is 2.28. The second-order valence-corrected chi connectivity index (χ2v) is 4.90. The normalized spacial score (nSPS) is 14.9. The van der Waals surface area contributed by atoms with E-state index in [1.807, 2.05) is 6.92 Å². The highest BCUT2D eigenvalue weighted by atomic mass is 16.6. The van der Waals surface area contributed by atoms with Crippen LogP contribution in [0.25, 0.3) is 0 Å². The van der Waals surface area contributed by atoms with Crippen molar-refractivity contribution in [2.45, 2.75) is 26.3 Å². The molecule has 1 aliphatic heterocycles. The minimum absolute atomic E-state index is 0.138. The molecule has 1 unspecified atom stereocenters. The van der Waals surface area contributed by atoms with E-state index in [-0.39, 0.29) is 30.8 Å². The third kappa shape index (κ3) is 3.89. The van der Waals surface area contributed by atoms with Gasteiger partial charge in [0.05, 0.1) is 6.61 Å². The Morgan fingerprint density at radius 1 is 1.43 bits per heavy atom. The SMILES string of the molecule is CCOCCOC(=O)C(CC)N1C(=O)COc2ccc(N)nc21. The standard InChI is InChI=1S/C15H21N3O5/c1-3-10(15(20)22-8-7-21-4-2)18-13(19)9-23-11-5-6-12(16)17-14(11)18/h5-6,10H,3-4,7-9H2,1-2H3,(H2,16,17). The largest absolute Gasteiger partial charge is 0.480 e. The zero-order chi connectivity index (χ0) is 16.8. The molecule has 2 heterocycles. The zero-order valence-corrected chi connectivity index (χ0v) is 13.3. The summed E-state index contributed by atoms with van der Waals surface area (Å²) >= 11 is 0. The number of aromatic nitrogens is 1. The molecule has 126 valence electrons. The highest BCUT2D eigenvalue weighted by Crippen LogP contribution is 2.33. The van der Waals surface area contributed by atoms with Gasteiger partial charge in [0, 0.05) is 6.61 Å². The number of carbonyl (C=O) groups excluding carboxylic acids is 2. The predicted octanol–water partition coefficient (Wildman–Crippen LogP) is 0.747. The molecule has 23 heavy (non-hydrogen) atoms. The van der Waals surface area contributed by atoms with Gasteiger partial charge >= 0.3 is 5.97 Å². The lowest BCUT2D eigenvalue weighted by molar-refractivity contribution is -0.148. The van der Waals surface area contributed by atoms with E-state index in [0.29, 0.717) is 25.4 Å². The number of esters is 1. The first-order valence-electron chi connectivity index (χ1n) is 7.54. The first kappa shape index (κ1) is 17.0. The first-order chi connectivity index (χ1) is 11.1. The third-order valence-corrected chi connectivity index (χ3v) is 3.36. The number of amides is 1. The number of ether oxygens (including phenoxy) is 3. The second kappa shape index (κ2) is 7.77. The van der Waals surface area contributed by atoms with Crippen LogP contribution < -0.4 is 15.4 Å². The lowest BCUT2D eigenvalue weighted by Crippen LogP contribution is -2.50. The fraction of sp³-hybridized carbons (Fsp3) is 0.533. The van der Waals surface area contributed by atoms with E-state index in [2.05, 4.69) is 4.98 Å². The summed E-state index contributed by atoms with van der Waals surface area (Å²) in [5.74, 6) is 0.0441. The van der Waals surface area contributed by atoms with Crippen molar-refractivity contribution in [1.82, 2.24) is 4.98 Å². The third-order valence-electron chi connectivity index (χ3n) is 3.36. The topological polar surface area (TPSA) is 104 Å². The molecule has 0 aromatic carbocycles. The predicted molar refractivity (Wildman–Crippen MR) is 83.2 cm³/mol. The molecule has 0 fully saturated rings. The van der Waals surface area contributed by atoms with E-state index in [9.17, 15) is 9.59 Å². The zero-order valence-electron chi connectivity index (χ0n) is 13.3. The molecule has 8 nitrogen and oxygen atoms in total. The van der Waals surface area contributed by atoms with Gasteiger partial charge in [-0.3, -0.25) is 9.69 Å². The Morgan fingerprint density at radius 3 is 2.91 bits per heavy atom. The Labute approximate surface area is 134 Å². The molecular weight excluding hydrogens is 302 g/mol. The minimum atomic E-state index is -0.777. The summed E-state index contributed by atoms with van der Waals surface area (Å²) in [6.07, 6.45) is 0.384. The van der Waals surface area contributed by atoms with Gasteiger partial charge in [0.15, 0.2) is 18.2 Å². The molecule has 2 N–H and O–H groups in total. The van der Waals surface area contributed by atoms with Gasteiger partial charge in [0.2, 0.25) is 0 Å². The Kier molecular flexibility index (Phi) is 5.75. The van der Waals surface area contributed by atoms with Crippen LogP contribution in [0.2, 0.25) is 0 Å². The number of hydrogen-bond acceptors (Lipinski definition) is 7. The molecule has 2 rings (SSSR count). The number of anilines is 2. The van der Waals surface area contributed by atoms with E-state index in [1.165, 1.54) is 4.90 Å². The van der Waals surface area contributed by atoms with Crippen LogP contribution in [0.4, 0.5) is 11.6 Å². The first-order valence-corrected chi connectivity index (χ1v) is 7.54. The van der Waals surface area contributed by atoms with Gasteiger partial charge in [-0.2, -0.15) is 0 Å². The van der Waals surface area contributed by atoms with Gasteiger partial charge in [-0.1, -0.05) is 6.92 Å². The van der Waals surface area contributed by atoms with E-state index < -0.39 is 12.0 Å². The van der Waals surface area contributed by atoms with Gasteiger partial charge in [0.1, 0.15) is 18.5 Å².